The molecule has 0 bridgehead atoms. The van der Waals surface area contributed by atoms with Gasteiger partial charge < -0.3 is 10.1 Å². The minimum absolute atomic E-state index is 0. The highest BCUT2D eigenvalue weighted by molar-refractivity contribution is 6.32. The van der Waals surface area contributed by atoms with Crippen molar-refractivity contribution in [3.05, 3.63) is 28.8 Å². The summed E-state index contributed by atoms with van der Waals surface area (Å²) < 4.78 is 5.62. The predicted molar refractivity (Wildman–Crippen MR) is 83.1 cm³/mol. The fourth-order valence-electron chi connectivity index (χ4n) is 2.80. The van der Waals surface area contributed by atoms with Crippen molar-refractivity contribution in [3.8, 4) is 5.75 Å². The van der Waals surface area contributed by atoms with Gasteiger partial charge in [-0.15, -0.1) is 12.4 Å². The molecule has 0 saturated carbocycles. The Labute approximate surface area is 132 Å². The SMILES string of the molecule is Cl.O=C1N=C([C@@H]2CCCN2)N=C2c3cc(Cl)ccc3OC12. The lowest BCUT2D eigenvalue weighted by atomic mass is 10.0. The molecule has 7 heteroatoms. The van der Waals surface area contributed by atoms with Crippen molar-refractivity contribution in [2.75, 3.05) is 6.54 Å². The molecule has 0 radical (unpaired) electrons. The van der Waals surface area contributed by atoms with Crippen LogP contribution >= 0.6 is 24.0 Å². The number of hydrogen-bond acceptors (Lipinski definition) is 4. The third-order valence-electron chi connectivity index (χ3n) is 3.77. The minimum Gasteiger partial charge on any atom is -0.473 e. The molecule has 1 unspecified atom stereocenters. The number of nitrogens with zero attached hydrogens (tertiary/aromatic N) is 2. The van der Waals surface area contributed by atoms with Crippen LogP contribution in [-0.4, -0.2) is 36.1 Å². The van der Waals surface area contributed by atoms with E-state index in [1.807, 2.05) is 0 Å². The summed E-state index contributed by atoms with van der Waals surface area (Å²) in [4.78, 5) is 20.8. The van der Waals surface area contributed by atoms with Crippen LogP contribution in [0.5, 0.6) is 5.75 Å². The quantitative estimate of drug-likeness (QED) is 0.859. The standard InChI is InChI=1S/C14H12ClN3O2.ClH/c15-7-3-4-10-8(6-7)11-12(20-10)14(19)18-13(17-11)9-2-1-5-16-9;/h3-4,6,9,12,16H,1-2,5H2;1H/t9-,12?;/m0./s1. The Balaban J connectivity index is 0.00000132. The topological polar surface area (TPSA) is 63.0 Å². The third-order valence-corrected chi connectivity index (χ3v) is 4.00. The fraction of sp³-hybridized carbons (Fsp3) is 0.357. The maximum absolute atomic E-state index is 12.1. The van der Waals surface area contributed by atoms with E-state index < -0.39 is 6.10 Å². The van der Waals surface area contributed by atoms with Gasteiger partial charge in [-0.2, -0.15) is 4.99 Å². The van der Waals surface area contributed by atoms with E-state index in [-0.39, 0.29) is 24.4 Å². The number of carbonyl (C=O) groups excluding carboxylic acids is 1. The van der Waals surface area contributed by atoms with E-state index in [4.69, 9.17) is 16.3 Å². The Hall–Kier alpha value is -1.43. The largest absolute Gasteiger partial charge is 0.473 e. The van der Waals surface area contributed by atoms with E-state index >= 15 is 0 Å². The first kappa shape index (κ1) is 14.5. The van der Waals surface area contributed by atoms with Crippen molar-refractivity contribution in [3.63, 3.8) is 0 Å². The summed E-state index contributed by atoms with van der Waals surface area (Å²) in [7, 11) is 0. The first-order chi connectivity index (χ1) is 9.72. The average Bonchev–Trinajstić information content (AvgIpc) is 3.06. The van der Waals surface area contributed by atoms with E-state index in [9.17, 15) is 4.79 Å². The average molecular weight is 326 g/mol. The summed E-state index contributed by atoms with van der Waals surface area (Å²) in [5, 5.41) is 3.91. The highest BCUT2D eigenvalue weighted by Crippen LogP contribution is 2.33. The molecule has 1 fully saturated rings. The molecule has 4 rings (SSSR count). The smallest absolute Gasteiger partial charge is 0.294 e. The second kappa shape index (κ2) is 5.40. The lowest BCUT2D eigenvalue weighted by molar-refractivity contribution is -0.121. The lowest BCUT2D eigenvalue weighted by Gasteiger charge is -2.17. The first-order valence-corrected chi connectivity index (χ1v) is 7.01. The molecule has 5 nitrogen and oxygen atoms in total. The molecule has 0 spiro atoms. The second-order valence-electron chi connectivity index (χ2n) is 5.09. The Kier molecular flexibility index (Phi) is 3.73. The molecule has 2 atom stereocenters. The maximum atomic E-state index is 12.1. The monoisotopic (exact) mass is 325 g/mol. The number of hydrogen-bond donors (Lipinski definition) is 1. The van der Waals surface area contributed by atoms with E-state index in [2.05, 4.69) is 15.3 Å². The summed E-state index contributed by atoms with van der Waals surface area (Å²) >= 11 is 6.02. The molecule has 3 heterocycles. The van der Waals surface area contributed by atoms with Gasteiger partial charge in [-0.3, -0.25) is 4.79 Å². The Morgan fingerprint density at radius 3 is 2.95 bits per heavy atom. The van der Waals surface area contributed by atoms with Gasteiger partial charge in [-0.1, -0.05) is 11.6 Å². The number of fused-ring (bicyclic) bond motifs is 3. The van der Waals surface area contributed by atoms with Gasteiger partial charge in [0.25, 0.3) is 5.91 Å². The van der Waals surface area contributed by atoms with Crippen molar-refractivity contribution in [2.45, 2.75) is 25.0 Å². The van der Waals surface area contributed by atoms with Gasteiger partial charge in [0.05, 0.1) is 6.04 Å². The predicted octanol–water partition coefficient (Wildman–Crippen LogP) is 2.00. The van der Waals surface area contributed by atoms with Crippen molar-refractivity contribution in [2.24, 2.45) is 9.98 Å². The lowest BCUT2D eigenvalue weighted by Crippen LogP contribution is -2.39. The van der Waals surface area contributed by atoms with Gasteiger partial charge in [0.1, 0.15) is 17.3 Å². The van der Waals surface area contributed by atoms with Crippen LogP contribution < -0.4 is 10.1 Å². The highest BCUT2D eigenvalue weighted by atomic mass is 35.5. The van der Waals surface area contributed by atoms with Crippen LogP contribution in [0.15, 0.2) is 28.2 Å². The minimum atomic E-state index is -0.714. The molecule has 21 heavy (non-hydrogen) atoms. The zero-order chi connectivity index (χ0) is 13.7. The summed E-state index contributed by atoms with van der Waals surface area (Å²) in [6.45, 7) is 0.936. The molecule has 0 aromatic heterocycles. The molecule has 1 aromatic rings. The van der Waals surface area contributed by atoms with Gasteiger partial charge in [0, 0.05) is 10.6 Å². The van der Waals surface area contributed by atoms with Gasteiger partial charge in [0.2, 0.25) is 6.10 Å². The van der Waals surface area contributed by atoms with Crippen LogP contribution in [-0.2, 0) is 4.79 Å². The zero-order valence-electron chi connectivity index (χ0n) is 11.0. The van der Waals surface area contributed by atoms with Gasteiger partial charge in [0.15, 0.2) is 0 Å². The molecule has 1 N–H and O–H groups in total. The van der Waals surface area contributed by atoms with Crippen molar-refractivity contribution in [1.82, 2.24) is 5.32 Å². The first-order valence-electron chi connectivity index (χ1n) is 6.63. The molecule has 1 aromatic carbocycles. The number of amides is 1. The molecule has 3 aliphatic heterocycles. The van der Waals surface area contributed by atoms with E-state index in [0.29, 0.717) is 22.3 Å². The summed E-state index contributed by atoms with van der Waals surface area (Å²) in [5.74, 6) is 0.920. The van der Waals surface area contributed by atoms with Gasteiger partial charge >= 0.3 is 0 Å². The van der Waals surface area contributed by atoms with Crippen LogP contribution in [0.3, 0.4) is 0 Å². The molecule has 0 aliphatic carbocycles. The highest BCUT2D eigenvalue weighted by Gasteiger charge is 2.40. The summed E-state index contributed by atoms with van der Waals surface area (Å²) in [5.41, 5.74) is 1.42. The number of amidine groups is 1. The number of ether oxygens (including phenoxy) is 1. The molecule has 1 saturated heterocycles. The van der Waals surface area contributed by atoms with Crippen LogP contribution in [0.1, 0.15) is 18.4 Å². The molecule has 3 aliphatic rings. The van der Waals surface area contributed by atoms with E-state index in [1.165, 1.54) is 0 Å². The zero-order valence-corrected chi connectivity index (χ0v) is 12.6. The molecular weight excluding hydrogens is 313 g/mol. The number of aliphatic imine (C=N–C) groups is 2. The normalized spacial score (nSPS) is 26.2. The van der Waals surface area contributed by atoms with Gasteiger partial charge in [-0.25, -0.2) is 4.99 Å². The summed E-state index contributed by atoms with van der Waals surface area (Å²) in [6, 6.07) is 5.35. The second-order valence-corrected chi connectivity index (χ2v) is 5.53. The van der Waals surface area contributed by atoms with E-state index in [0.717, 1.165) is 24.9 Å². The van der Waals surface area contributed by atoms with Crippen LogP contribution in [0.25, 0.3) is 0 Å². The van der Waals surface area contributed by atoms with E-state index in [1.54, 1.807) is 18.2 Å². The maximum Gasteiger partial charge on any atom is 0.294 e. The number of carbonyl (C=O) groups is 1. The Morgan fingerprint density at radius 2 is 2.19 bits per heavy atom. The third kappa shape index (κ3) is 2.35. The number of rotatable bonds is 1. The number of benzene rings is 1. The number of halogens is 2. The van der Waals surface area contributed by atoms with Crippen molar-refractivity contribution < 1.29 is 9.53 Å². The van der Waals surface area contributed by atoms with Crippen LogP contribution in [0.2, 0.25) is 5.02 Å². The molecular formula is C14H13Cl2N3O2. The van der Waals surface area contributed by atoms with Crippen molar-refractivity contribution in [1.29, 1.82) is 0 Å². The van der Waals surface area contributed by atoms with Crippen LogP contribution in [0.4, 0.5) is 0 Å². The number of nitrogens with one attached hydrogen (secondary N) is 1. The molecule has 1 amide bonds. The summed E-state index contributed by atoms with van der Waals surface area (Å²) in [6.07, 6.45) is 1.32. The van der Waals surface area contributed by atoms with Crippen LogP contribution in [0, 0.1) is 0 Å². The van der Waals surface area contributed by atoms with Gasteiger partial charge in [-0.05, 0) is 37.6 Å². The Bertz CT molecular complexity index is 666. The Morgan fingerprint density at radius 1 is 1.33 bits per heavy atom. The molecule has 110 valence electrons. The fourth-order valence-corrected chi connectivity index (χ4v) is 2.97. The van der Waals surface area contributed by atoms with Crippen molar-refractivity contribution >= 4 is 41.5 Å².